The number of aromatic hydroxyl groups is 2. The summed E-state index contributed by atoms with van der Waals surface area (Å²) in [5, 5.41) is 18.7. The molecule has 3 nitrogen and oxygen atoms in total. The van der Waals surface area contributed by atoms with Gasteiger partial charge in [-0.3, -0.25) is 0 Å². The van der Waals surface area contributed by atoms with Crippen molar-refractivity contribution in [2.45, 2.75) is 12.8 Å². The first-order chi connectivity index (χ1) is 9.45. The Hall–Kier alpha value is -2.37. The Balaban J connectivity index is 2.19. The number of phenolic OH excluding ortho intramolecular Hbond substituents is 2. The number of rotatable bonds is 4. The Morgan fingerprint density at radius 3 is 1.85 bits per heavy atom. The van der Waals surface area contributed by atoms with Gasteiger partial charge in [-0.15, -0.1) is 0 Å². The molecule has 0 amide bonds. The molecule has 1 unspecified atom stereocenters. The molecule has 0 aliphatic rings. The molecule has 0 fully saturated rings. The van der Waals surface area contributed by atoms with Gasteiger partial charge in [0.25, 0.3) is 6.36 Å². The summed E-state index contributed by atoms with van der Waals surface area (Å²) in [7, 11) is 0. The third kappa shape index (κ3) is 3.34. The molecule has 0 saturated heterocycles. The number of benzene rings is 2. The van der Waals surface area contributed by atoms with Gasteiger partial charge in [-0.2, -0.15) is 4.39 Å². The summed E-state index contributed by atoms with van der Waals surface area (Å²) in [6, 6.07) is 9.68. The standard InChI is InChI=1S/C14H11F3O3/c15-13(16)14(17)20-12-3-1-8(2-4-12)9-5-10(18)7-11(19)6-9/h1-7,13-14,18-19H. The van der Waals surface area contributed by atoms with Crippen molar-refractivity contribution < 1.29 is 28.1 Å². The van der Waals surface area contributed by atoms with E-state index in [1.54, 1.807) is 0 Å². The second-order valence-electron chi connectivity index (χ2n) is 4.07. The predicted octanol–water partition coefficient (Wildman–Crippen LogP) is 3.70. The van der Waals surface area contributed by atoms with Crippen LogP contribution in [0.15, 0.2) is 42.5 Å². The van der Waals surface area contributed by atoms with E-state index in [0.717, 1.165) is 0 Å². The van der Waals surface area contributed by atoms with Gasteiger partial charge in [0.05, 0.1) is 0 Å². The smallest absolute Gasteiger partial charge is 0.304 e. The van der Waals surface area contributed by atoms with E-state index in [2.05, 4.69) is 4.74 Å². The Morgan fingerprint density at radius 2 is 1.35 bits per heavy atom. The van der Waals surface area contributed by atoms with Crippen LogP contribution in [0.5, 0.6) is 17.2 Å². The molecule has 2 N–H and O–H groups in total. The van der Waals surface area contributed by atoms with Crippen molar-refractivity contribution in [2.24, 2.45) is 0 Å². The van der Waals surface area contributed by atoms with Gasteiger partial charge >= 0.3 is 6.43 Å². The van der Waals surface area contributed by atoms with E-state index in [1.165, 1.54) is 42.5 Å². The first-order valence-electron chi connectivity index (χ1n) is 5.68. The van der Waals surface area contributed by atoms with Gasteiger partial charge in [-0.1, -0.05) is 12.1 Å². The molecule has 0 spiro atoms. The zero-order chi connectivity index (χ0) is 14.7. The van der Waals surface area contributed by atoms with Gasteiger partial charge in [0.1, 0.15) is 17.2 Å². The third-order valence-electron chi connectivity index (χ3n) is 2.54. The van der Waals surface area contributed by atoms with E-state index in [-0.39, 0.29) is 17.2 Å². The van der Waals surface area contributed by atoms with Gasteiger partial charge in [0, 0.05) is 6.07 Å². The molecular weight excluding hydrogens is 273 g/mol. The zero-order valence-corrected chi connectivity index (χ0v) is 10.1. The van der Waals surface area contributed by atoms with E-state index in [9.17, 15) is 23.4 Å². The molecule has 6 heteroatoms. The van der Waals surface area contributed by atoms with E-state index < -0.39 is 12.8 Å². The van der Waals surface area contributed by atoms with Gasteiger partial charge in [0.2, 0.25) is 0 Å². The van der Waals surface area contributed by atoms with Crippen LogP contribution in [0.4, 0.5) is 13.2 Å². The molecular formula is C14H11F3O3. The van der Waals surface area contributed by atoms with Crippen molar-refractivity contribution in [1.82, 2.24) is 0 Å². The molecule has 0 saturated carbocycles. The normalized spacial score (nSPS) is 12.4. The number of hydrogen-bond acceptors (Lipinski definition) is 3. The highest BCUT2D eigenvalue weighted by molar-refractivity contribution is 5.67. The lowest BCUT2D eigenvalue weighted by atomic mass is 10.1. The lowest BCUT2D eigenvalue weighted by molar-refractivity contribution is -0.0668. The SMILES string of the molecule is Oc1cc(O)cc(-c2ccc(OC(F)C(F)F)cc2)c1. The zero-order valence-electron chi connectivity index (χ0n) is 10.1. The minimum atomic E-state index is -3.21. The molecule has 0 aromatic heterocycles. The Labute approximate surface area is 112 Å². The predicted molar refractivity (Wildman–Crippen MR) is 66.7 cm³/mol. The average molecular weight is 284 g/mol. The van der Waals surface area contributed by atoms with Crippen LogP contribution in [0.1, 0.15) is 0 Å². The van der Waals surface area contributed by atoms with Crippen molar-refractivity contribution in [3.05, 3.63) is 42.5 Å². The molecule has 0 bridgehead atoms. The minimum Gasteiger partial charge on any atom is -0.508 e. The highest BCUT2D eigenvalue weighted by Gasteiger charge is 2.20. The van der Waals surface area contributed by atoms with Crippen molar-refractivity contribution >= 4 is 0 Å². The van der Waals surface area contributed by atoms with Crippen LogP contribution >= 0.6 is 0 Å². The molecule has 106 valence electrons. The highest BCUT2D eigenvalue weighted by Crippen LogP contribution is 2.29. The quantitative estimate of drug-likeness (QED) is 0.900. The van der Waals surface area contributed by atoms with Crippen LogP contribution in [0.2, 0.25) is 0 Å². The topological polar surface area (TPSA) is 49.7 Å². The van der Waals surface area contributed by atoms with E-state index in [0.29, 0.717) is 11.1 Å². The molecule has 0 aliphatic carbocycles. The molecule has 0 heterocycles. The average Bonchev–Trinajstić information content (AvgIpc) is 2.38. The fourth-order valence-electron chi connectivity index (χ4n) is 1.67. The van der Waals surface area contributed by atoms with Crippen molar-refractivity contribution in [3.63, 3.8) is 0 Å². The number of phenols is 2. The van der Waals surface area contributed by atoms with Gasteiger partial charge < -0.3 is 14.9 Å². The summed E-state index contributed by atoms with van der Waals surface area (Å²) in [6.45, 7) is 0. The minimum absolute atomic E-state index is 0.0362. The number of alkyl halides is 3. The maximum absolute atomic E-state index is 12.7. The van der Waals surface area contributed by atoms with Crippen LogP contribution in [-0.2, 0) is 0 Å². The van der Waals surface area contributed by atoms with Gasteiger partial charge in [0.15, 0.2) is 0 Å². The lowest BCUT2D eigenvalue weighted by Crippen LogP contribution is -2.19. The first kappa shape index (κ1) is 14.0. The second-order valence-corrected chi connectivity index (χ2v) is 4.07. The fourth-order valence-corrected chi connectivity index (χ4v) is 1.67. The van der Waals surface area contributed by atoms with Crippen molar-refractivity contribution in [1.29, 1.82) is 0 Å². The van der Waals surface area contributed by atoms with Gasteiger partial charge in [-0.05, 0) is 35.4 Å². The van der Waals surface area contributed by atoms with Gasteiger partial charge in [-0.25, -0.2) is 8.78 Å². The monoisotopic (exact) mass is 284 g/mol. The number of ether oxygens (including phenoxy) is 1. The van der Waals surface area contributed by atoms with Crippen LogP contribution in [0.3, 0.4) is 0 Å². The fraction of sp³-hybridized carbons (Fsp3) is 0.143. The van der Waals surface area contributed by atoms with E-state index in [4.69, 9.17) is 0 Å². The molecule has 20 heavy (non-hydrogen) atoms. The second kappa shape index (κ2) is 5.73. The first-order valence-corrected chi connectivity index (χ1v) is 5.68. The molecule has 2 rings (SSSR count). The summed E-state index contributed by atoms with van der Waals surface area (Å²) in [5.41, 5.74) is 1.13. The van der Waals surface area contributed by atoms with Crippen LogP contribution in [-0.4, -0.2) is 23.0 Å². The lowest BCUT2D eigenvalue weighted by Gasteiger charge is -2.11. The molecule has 2 aromatic rings. The molecule has 0 radical (unpaired) electrons. The highest BCUT2D eigenvalue weighted by atomic mass is 19.3. The van der Waals surface area contributed by atoms with Crippen LogP contribution in [0.25, 0.3) is 11.1 Å². The maximum atomic E-state index is 12.7. The summed E-state index contributed by atoms with van der Waals surface area (Å²) >= 11 is 0. The number of halogens is 3. The summed E-state index contributed by atoms with van der Waals surface area (Å²) in [6.07, 6.45) is -5.89. The maximum Gasteiger partial charge on any atom is 0.304 e. The number of hydrogen-bond donors (Lipinski definition) is 2. The Bertz CT molecular complexity index is 564. The third-order valence-corrected chi connectivity index (χ3v) is 2.54. The Kier molecular flexibility index (Phi) is 4.02. The van der Waals surface area contributed by atoms with Crippen molar-refractivity contribution in [2.75, 3.05) is 0 Å². The van der Waals surface area contributed by atoms with E-state index >= 15 is 0 Å². The summed E-state index contributed by atoms with van der Waals surface area (Å²) < 4.78 is 41.1. The van der Waals surface area contributed by atoms with Crippen molar-refractivity contribution in [3.8, 4) is 28.4 Å². The summed E-state index contributed by atoms with van der Waals surface area (Å²) in [4.78, 5) is 0. The molecule has 1 atom stereocenters. The molecule has 0 aliphatic heterocycles. The largest absolute Gasteiger partial charge is 0.508 e. The van der Waals surface area contributed by atoms with E-state index in [1.807, 2.05) is 0 Å². The summed E-state index contributed by atoms with van der Waals surface area (Å²) in [5.74, 6) is -0.255. The van der Waals surface area contributed by atoms with Crippen LogP contribution < -0.4 is 4.74 Å². The van der Waals surface area contributed by atoms with Crippen LogP contribution in [0, 0.1) is 0 Å². The molecule has 2 aromatic carbocycles. The Morgan fingerprint density at radius 1 is 0.800 bits per heavy atom.